The molecule has 0 heterocycles. The van der Waals surface area contributed by atoms with Crippen LogP contribution in [-0.2, 0) is 0 Å². The standard InChI is InChI=1S/C18H21NO5/c1-5-24-15-9-6-12(10-17(15)23-4)18(20)19-14-8-7-13(21-2)11-16(14)22-3/h6-11H,5H2,1-4H3,(H,19,20). The number of amides is 1. The average Bonchev–Trinajstić information content (AvgIpc) is 2.62. The zero-order chi connectivity index (χ0) is 17.5. The maximum atomic E-state index is 12.5. The van der Waals surface area contributed by atoms with Crippen molar-refractivity contribution < 1.29 is 23.7 Å². The molecule has 1 N–H and O–H groups in total. The van der Waals surface area contributed by atoms with E-state index in [-0.39, 0.29) is 5.91 Å². The largest absolute Gasteiger partial charge is 0.497 e. The minimum atomic E-state index is -0.278. The van der Waals surface area contributed by atoms with Crippen LogP contribution >= 0.6 is 0 Å². The molecule has 24 heavy (non-hydrogen) atoms. The first kappa shape index (κ1) is 17.5. The molecule has 0 radical (unpaired) electrons. The van der Waals surface area contributed by atoms with Gasteiger partial charge in [0.2, 0.25) is 0 Å². The van der Waals surface area contributed by atoms with Gasteiger partial charge in [-0.2, -0.15) is 0 Å². The first-order valence-electron chi connectivity index (χ1n) is 7.47. The fourth-order valence-electron chi connectivity index (χ4n) is 2.18. The van der Waals surface area contributed by atoms with Crippen molar-refractivity contribution in [3.05, 3.63) is 42.0 Å². The van der Waals surface area contributed by atoms with Gasteiger partial charge in [0.1, 0.15) is 11.5 Å². The highest BCUT2D eigenvalue weighted by atomic mass is 16.5. The molecule has 0 unspecified atom stereocenters. The molecular formula is C18H21NO5. The summed E-state index contributed by atoms with van der Waals surface area (Å²) in [6.07, 6.45) is 0. The summed E-state index contributed by atoms with van der Waals surface area (Å²) in [5.74, 6) is 1.98. The van der Waals surface area contributed by atoms with E-state index in [2.05, 4.69) is 5.32 Å². The molecule has 1 amide bonds. The van der Waals surface area contributed by atoms with Gasteiger partial charge in [-0.1, -0.05) is 0 Å². The molecule has 0 fully saturated rings. The van der Waals surface area contributed by atoms with Crippen LogP contribution in [0.25, 0.3) is 0 Å². The SMILES string of the molecule is CCOc1ccc(C(=O)Nc2ccc(OC)cc2OC)cc1OC. The second-order valence-corrected chi connectivity index (χ2v) is 4.82. The van der Waals surface area contributed by atoms with Gasteiger partial charge in [-0.3, -0.25) is 4.79 Å². The summed E-state index contributed by atoms with van der Waals surface area (Å²) in [6, 6.07) is 10.2. The molecule has 2 aromatic rings. The van der Waals surface area contributed by atoms with Gasteiger partial charge < -0.3 is 24.3 Å². The van der Waals surface area contributed by atoms with E-state index in [1.54, 1.807) is 43.5 Å². The van der Waals surface area contributed by atoms with Crippen LogP contribution in [0.1, 0.15) is 17.3 Å². The van der Waals surface area contributed by atoms with Crippen LogP contribution in [0.15, 0.2) is 36.4 Å². The van der Waals surface area contributed by atoms with Crippen LogP contribution in [0, 0.1) is 0 Å². The Kier molecular flexibility index (Phi) is 5.89. The molecule has 2 rings (SSSR count). The van der Waals surface area contributed by atoms with Gasteiger partial charge in [0.25, 0.3) is 5.91 Å². The molecule has 0 saturated carbocycles. The number of ether oxygens (including phenoxy) is 4. The summed E-state index contributed by atoms with van der Waals surface area (Å²) in [5, 5.41) is 2.82. The van der Waals surface area contributed by atoms with Gasteiger partial charge in [0.15, 0.2) is 11.5 Å². The zero-order valence-electron chi connectivity index (χ0n) is 14.2. The maximum Gasteiger partial charge on any atom is 0.255 e. The maximum absolute atomic E-state index is 12.5. The van der Waals surface area contributed by atoms with Crippen molar-refractivity contribution >= 4 is 11.6 Å². The fraction of sp³-hybridized carbons (Fsp3) is 0.278. The van der Waals surface area contributed by atoms with Crippen molar-refractivity contribution in [1.82, 2.24) is 0 Å². The lowest BCUT2D eigenvalue weighted by Crippen LogP contribution is -2.13. The van der Waals surface area contributed by atoms with Gasteiger partial charge in [-0.15, -0.1) is 0 Å². The summed E-state index contributed by atoms with van der Waals surface area (Å²) in [7, 11) is 4.63. The molecule has 0 aliphatic rings. The number of methoxy groups -OCH3 is 3. The number of carbonyl (C=O) groups is 1. The van der Waals surface area contributed by atoms with Crippen LogP contribution in [-0.4, -0.2) is 33.8 Å². The summed E-state index contributed by atoms with van der Waals surface area (Å²) < 4.78 is 21.1. The Morgan fingerprint density at radius 1 is 0.917 bits per heavy atom. The highest BCUT2D eigenvalue weighted by Crippen LogP contribution is 2.31. The van der Waals surface area contributed by atoms with Crippen LogP contribution in [0.2, 0.25) is 0 Å². The highest BCUT2D eigenvalue weighted by molar-refractivity contribution is 6.05. The predicted octanol–water partition coefficient (Wildman–Crippen LogP) is 3.36. The van der Waals surface area contributed by atoms with E-state index < -0.39 is 0 Å². The third kappa shape index (κ3) is 3.90. The normalized spacial score (nSPS) is 10.0. The van der Waals surface area contributed by atoms with E-state index in [4.69, 9.17) is 18.9 Å². The van der Waals surface area contributed by atoms with Crippen molar-refractivity contribution in [2.24, 2.45) is 0 Å². The van der Waals surface area contributed by atoms with E-state index in [1.807, 2.05) is 6.92 Å². The lowest BCUT2D eigenvalue weighted by Gasteiger charge is -2.13. The third-order valence-corrected chi connectivity index (χ3v) is 3.38. The molecule has 0 bridgehead atoms. The van der Waals surface area contributed by atoms with E-state index >= 15 is 0 Å². The minimum absolute atomic E-state index is 0.278. The zero-order valence-corrected chi connectivity index (χ0v) is 14.2. The van der Waals surface area contributed by atoms with Crippen molar-refractivity contribution in [3.8, 4) is 23.0 Å². The summed E-state index contributed by atoms with van der Waals surface area (Å²) in [5.41, 5.74) is 1.00. The Bertz CT molecular complexity index is 715. The molecule has 0 saturated heterocycles. The summed E-state index contributed by atoms with van der Waals surface area (Å²) in [6.45, 7) is 2.40. The molecule has 128 valence electrons. The Balaban J connectivity index is 2.23. The topological polar surface area (TPSA) is 66.0 Å². The summed E-state index contributed by atoms with van der Waals surface area (Å²) in [4.78, 5) is 12.5. The number of benzene rings is 2. The Morgan fingerprint density at radius 3 is 2.29 bits per heavy atom. The number of carbonyl (C=O) groups excluding carboxylic acids is 1. The molecule has 0 aliphatic carbocycles. The second-order valence-electron chi connectivity index (χ2n) is 4.82. The lowest BCUT2D eigenvalue weighted by atomic mass is 10.1. The number of hydrogen-bond acceptors (Lipinski definition) is 5. The van der Waals surface area contributed by atoms with Crippen molar-refractivity contribution in [3.63, 3.8) is 0 Å². The van der Waals surface area contributed by atoms with Gasteiger partial charge in [-0.05, 0) is 37.3 Å². The fourth-order valence-corrected chi connectivity index (χ4v) is 2.18. The molecule has 2 aromatic carbocycles. The van der Waals surface area contributed by atoms with Gasteiger partial charge in [-0.25, -0.2) is 0 Å². The van der Waals surface area contributed by atoms with E-state index in [0.717, 1.165) is 0 Å². The molecule has 0 aromatic heterocycles. The predicted molar refractivity (Wildman–Crippen MR) is 91.7 cm³/mol. The van der Waals surface area contributed by atoms with Gasteiger partial charge >= 0.3 is 0 Å². The van der Waals surface area contributed by atoms with E-state index in [9.17, 15) is 4.79 Å². The van der Waals surface area contributed by atoms with Crippen LogP contribution in [0.4, 0.5) is 5.69 Å². The molecule has 6 nitrogen and oxygen atoms in total. The van der Waals surface area contributed by atoms with Crippen molar-refractivity contribution in [2.45, 2.75) is 6.92 Å². The number of nitrogens with one attached hydrogen (secondary N) is 1. The van der Waals surface area contributed by atoms with Crippen molar-refractivity contribution in [1.29, 1.82) is 0 Å². The quantitative estimate of drug-likeness (QED) is 0.843. The number of anilines is 1. The Morgan fingerprint density at radius 2 is 1.67 bits per heavy atom. The molecule has 0 atom stereocenters. The van der Waals surface area contributed by atoms with Crippen LogP contribution in [0.5, 0.6) is 23.0 Å². The molecule has 0 spiro atoms. The van der Waals surface area contributed by atoms with Crippen molar-refractivity contribution in [2.75, 3.05) is 33.3 Å². The first-order valence-corrected chi connectivity index (χ1v) is 7.47. The average molecular weight is 331 g/mol. The minimum Gasteiger partial charge on any atom is -0.497 e. The number of hydrogen-bond donors (Lipinski definition) is 1. The molecule has 0 aliphatic heterocycles. The monoisotopic (exact) mass is 331 g/mol. The molecule has 6 heteroatoms. The van der Waals surface area contributed by atoms with Crippen LogP contribution < -0.4 is 24.3 Å². The smallest absolute Gasteiger partial charge is 0.255 e. The Hall–Kier alpha value is -2.89. The highest BCUT2D eigenvalue weighted by Gasteiger charge is 2.13. The lowest BCUT2D eigenvalue weighted by molar-refractivity contribution is 0.102. The first-order chi connectivity index (χ1) is 11.6. The third-order valence-electron chi connectivity index (χ3n) is 3.38. The Labute approximate surface area is 141 Å². The molecular weight excluding hydrogens is 310 g/mol. The summed E-state index contributed by atoms with van der Waals surface area (Å²) >= 11 is 0. The van der Waals surface area contributed by atoms with Gasteiger partial charge in [0.05, 0.1) is 33.6 Å². The van der Waals surface area contributed by atoms with Crippen LogP contribution in [0.3, 0.4) is 0 Å². The number of rotatable bonds is 7. The van der Waals surface area contributed by atoms with E-state index in [1.165, 1.54) is 14.2 Å². The second kappa shape index (κ2) is 8.10. The van der Waals surface area contributed by atoms with Gasteiger partial charge in [0, 0.05) is 11.6 Å². The van der Waals surface area contributed by atoms with E-state index in [0.29, 0.717) is 40.9 Å².